The Morgan fingerprint density at radius 3 is 2.35 bits per heavy atom. The third kappa shape index (κ3) is 5.09. The van der Waals surface area contributed by atoms with Crippen molar-refractivity contribution in [2.75, 3.05) is 18.8 Å². The van der Waals surface area contributed by atoms with Crippen LogP contribution in [0.4, 0.5) is 0 Å². The molecule has 7 nitrogen and oxygen atoms in total. The smallest absolute Gasteiger partial charge is 0.307 e. The Balaban J connectivity index is 2.47. The van der Waals surface area contributed by atoms with Gasteiger partial charge in [0, 0.05) is 13.1 Å². The standard InChI is InChI=1S/C12H22N2O5S/c1-2-14-20(18,19)8-7-13-11(15)9-5-3-4-6-10(9)12(16)17/h9-10,14H,2-8H2,1H3,(H,13,15)(H,16,17)/t9-,10+/m1/s1. The molecule has 2 atom stereocenters. The van der Waals surface area contributed by atoms with Crippen LogP contribution < -0.4 is 10.0 Å². The molecule has 0 bridgehead atoms. The van der Waals surface area contributed by atoms with E-state index < -0.39 is 27.8 Å². The summed E-state index contributed by atoms with van der Waals surface area (Å²) in [5.41, 5.74) is 0. The van der Waals surface area contributed by atoms with Crippen LogP contribution in [0.5, 0.6) is 0 Å². The minimum Gasteiger partial charge on any atom is -0.481 e. The summed E-state index contributed by atoms with van der Waals surface area (Å²) in [6.07, 6.45) is 2.69. The molecule has 0 spiro atoms. The van der Waals surface area contributed by atoms with Crippen LogP contribution in [0.3, 0.4) is 0 Å². The quantitative estimate of drug-likeness (QED) is 0.609. The molecule has 0 heterocycles. The van der Waals surface area contributed by atoms with E-state index >= 15 is 0 Å². The maximum atomic E-state index is 12.0. The molecule has 1 aliphatic rings. The fourth-order valence-electron chi connectivity index (χ4n) is 2.47. The third-order valence-electron chi connectivity index (χ3n) is 3.45. The fraction of sp³-hybridized carbons (Fsp3) is 0.833. The maximum Gasteiger partial charge on any atom is 0.307 e. The summed E-state index contributed by atoms with van der Waals surface area (Å²) in [6.45, 7) is 1.98. The highest BCUT2D eigenvalue weighted by molar-refractivity contribution is 7.89. The maximum absolute atomic E-state index is 12.0. The molecule has 0 aromatic rings. The highest BCUT2D eigenvalue weighted by Crippen LogP contribution is 2.30. The first-order valence-electron chi connectivity index (χ1n) is 6.85. The van der Waals surface area contributed by atoms with Crippen LogP contribution >= 0.6 is 0 Å². The third-order valence-corrected chi connectivity index (χ3v) is 4.92. The largest absolute Gasteiger partial charge is 0.481 e. The van der Waals surface area contributed by atoms with Crippen LogP contribution in [0, 0.1) is 11.8 Å². The van der Waals surface area contributed by atoms with E-state index in [1.54, 1.807) is 6.92 Å². The zero-order valence-electron chi connectivity index (χ0n) is 11.6. The molecule has 1 saturated carbocycles. The van der Waals surface area contributed by atoms with Crippen LogP contribution in [-0.4, -0.2) is 44.2 Å². The molecule has 1 rings (SSSR count). The van der Waals surface area contributed by atoms with E-state index in [1.807, 2.05) is 0 Å². The van der Waals surface area contributed by atoms with Crippen molar-refractivity contribution < 1.29 is 23.1 Å². The van der Waals surface area contributed by atoms with E-state index in [1.165, 1.54) is 0 Å². The van der Waals surface area contributed by atoms with Gasteiger partial charge in [-0.3, -0.25) is 9.59 Å². The first kappa shape index (κ1) is 16.9. The van der Waals surface area contributed by atoms with Gasteiger partial charge in [-0.25, -0.2) is 13.1 Å². The Morgan fingerprint density at radius 1 is 1.20 bits per heavy atom. The molecule has 0 aromatic heterocycles. The molecule has 1 fully saturated rings. The van der Waals surface area contributed by atoms with Gasteiger partial charge in [-0.05, 0) is 12.8 Å². The van der Waals surface area contributed by atoms with Gasteiger partial charge >= 0.3 is 5.97 Å². The van der Waals surface area contributed by atoms with Gasteiger partial charge in [0.15, 0.2) is 0 Å². The zero-order valence-corrected chi connectivity index (χ0v) is 12.4. The summed E-state index contributed by atoms with van der Waals surface area (Å²) >= 11 is 0. The Bertz CT molecular complexity index is 449. The van der Waals surface area contributed by atoms with Gasteiger partial charge in [0.25, 0.3) is 0 Å². The van der Waals surface area contributed by atoms with Crippen LogP contribution in [0.1, 0.15) is 32.6 Å². The molecule has 3 N–H and O–H groups in total. The van der Waals surface area contributed by atoms with E-state index in [0.717, 1.165) is 12.8 Å². The number of amides is 1. The first-order valence-corrected chi connectivity index (χ1v) is 8.50. The van der Waals surface area contributed by atoms with Crippen molar-refractivity contribution in [3.05, 3.63) is 0 Å². The van der Waals surface area contributed by atoms with Crippen molar-refractivity contribution >= 4 is 21.9 Å². The number of rotatable bonds is 7. The van der Waals surface area contributed by atoms with Crippen LogP contribution in [-0.2, 0) is 19.6 Å². The second-order valence-corrected chi connectivity index (χ2v) is 6.87. The number of nitrogens with one attached hydrogen (secondary N) is 2. The van der Waals surface area contributed by atoms with Crippen LogP contribution in [0.2, 0.25) is 0 Å². The lowest BCUT2D eigenvalue weighted by Crippen LogP contribution is -2.42. The Labute approximate surface area is 119 Å². The normalized spacial score (nSPS) is 23.2. The second kappa shape index (κ2) is 7.58. The number of carboxylic acid groups (broad SMARTS) is 1. The molecule has 0 radical (unpaired) electrons. The summed E-state index contributed by atoms with van der Waals surface area (Å²) in [5, 5.41) is 11.6. The van der Waals surface area contributed by atoms with Crippen LogP contribution in [0.25, 0.3) is 0 Å². The van der Waals surface area contributed by atoms with E-state index in [2.05, 4.69) is 10.0 Å². The van der Waals surface area contributed by atoms with Crippen molar-refractivity contribution in [2.24, 2.45) is 11.8 Å². The number of hydrogen-bond acceptors (Lipinski definition) is 4. The SMILES string of the molecule is CCNS(=O)(=O)CCNC(=O)[C@@H]1CCCC[C@@H]1C(=O)O. The highest BCUT2D eigenvalue weighted by atomic mass is 32.2. The van der Waals surface area contributed by atoms with Gasteiger partial charge in [-0.2, -0.15) is 0 Å². The monoisotopic (exact) mass is 306 g/mol. The number of carbonyl (C=O) groups is 2. The molecular formula is C12H22N2O5S. The molecule has 0 aromatic carbocycles. The minimum absolute atomic E-state index is 0.00297. The number of hydrogen-bond donors (Lipinski definition) is 3. The van der Waals surface area contributed by atoms with E-state index in [4.69, 9.17) is 5.11 Å². The van der Waals surface area contributed by atoms with Crippen molar-refractivity contribution in [3.63, 3.8) is 0 Å². The van der Waals surface area contributed by atoms with Crippen LogP contribution in [0.15, 0.2) is 0 Å². The lowest BCUT2D eigenvalue weighted by Gasteiger charge is -2.27. The predicted molar refractivity (Wildman–Crippen MR) is 73.6 cm³/mol. The Morgan fingerprint density at radius 2 is 1.80 bits per heavy atom. The van der Waals surface area contributed by atoms with E-state index in [9.17, 15) is 18.0 Å². The van der Waals surface area contributed by atoms with Crippen molar-refractivity contribution in [1.29, 1.82) is 0 Å². The van der Waals surface area contributed by atoms with Gasteiger partial charge in [0.1, 0.15) is 0 Å². The summed E-state index contributed by atoms with van der Waals surface area (Å²) in [4.78, 5) is 23.1. The number of aliphatic carboxylic acids is 1. The second-order valence-electron chi connectivity index (χ2n) is 4.94. The summed E-state index contributed by atoms with van der Waals surface area (Å²) in [6, 6.07) is 0. The predicted octanol–water partition coefficient (Wildman–Crippen LogP) is -0.0671. The number of carbonyl (C=O) groups excluding carboxylic acids is 1. The molecule has 1 amide bonds. The fourth-order valence-corrected chi connectivity index (χ4v) is 3.43. The van der Waals surface area contributed by atoms with E-state index in [-0.39, 0.29) is 18.2 Å². The van der Waals surface area contributed by atoms with E-state index in [0.29, 0.717) is 19.4 Å². The summed E-state index contributed by atoms with van der Waals surface area (Å²) < 4.78 is 25.1. The van der Waals surface area contributed by atoms with Gasteiger partial charge in [0.05, 0.1) is 17.6 Å². The number of carboxylic acids is 1. The summed E-state index contributed by atoms with van der Waals surface area (Å²) in [5.74, 6) is -2.72. The summed E-state index contributed by atoms with van der Waals surface area (Å²) in [7, 11) is -3.37. The highest BCUT2D eigenvalue weighted by Gasteiger charge is 2.35. The molecule has 0 unspecified atom stereocenters. The molecule has 8 heteroatoms. The molecule has 0 saturated heterocycles. The van der Waals surface area contributed by atoms with Gasteiger partial charge in [0.2, 0.25) is 15.9 Å². The van der Waals surface area contributed by atoms with Crippen molar-refractivity contribution in [1.82, 2.24) is 10.0 Å². The Kier molecular flexibility index (Phi) is 6.41. The average Bonchev–Trinajstić information content (AvgIpc) is 2.38. The zero-order chi connectivity index (χ0) is 15.2. The molecule has 116 valence electrons. The topological polar surface area (TPSA) is 113 Å². The minimum atomic E-state index is -3.37. The van der Waals surface area contributed by atoms with Gasteiger partial charge in [-0.15, -0.1) is 0 Å². The van der Waals surface area contributed by atoms with Gasteiger partial charge < -0.3 is 10.4 Å². The number of sulfonamides is 1. The molecule has 1 aliphatic carbocycles. The molecule has 0 aliphatic heterocycles. The lowest BCUT2D eigenvalue weighted by molar-refractivity contribution is -0.148. The lowest BCUT2D eigenvalue weighted by atomic mass is 9.79. The molecule has 20 heavy (non-hydrogen) atoms. The first-order chi connectivity index (χ1) is 9.37. The van der Waals surface area contributed by atoms with Gasteiger partial charge in [-0.1, -0.05) is 19.8 Å². The van der Waals surface area contributed by atoms with Crippen molar-refractivity contribution in [2.45, 2.75) is 32.6 Å². The average molecular weight is 306 g/mol. The van der Waals surface area contributed by atoms with Crippen molar-refractivity contribution in [3.8, 4) is 0 Å². The molecular weight excluding hydrogens is 284 g/mol. The Hall–Kier alpha value is -1.15.